The minimum absolute atomic E-state index is 0.301. The van der Waals surface area contributed by atoms with E-state index in [1.807, 2.05) is 6.92 Å². The highest BCUT2D eigenvalue weighted by Gasteiger charge is 2.03. The van der Waals surface area contributed by atoms with Crippen LogP contribution in [0.3, 0.4) is 0 Å². The third-order valence-electron chi connectivity index (χ3n) is 2.53. The summed E-state index contributed by atoms with van der Waals surface area (Å²) in [4.78, 5) is 23.0. The molecule has 0 aliphatic carbocycles. The fraction of sp³-hybridized carbons (Fsp3) is 0.333. The van der Waals surface area contributed by atoms with E-state index in [0.29, 0.717) is 17.9 Å². The van der Waals surface area contributed by atoms with Gasteiger partial charge in [-0.3, -0.25) is 4.79 Å². The molecule has 0 bridgehead atoms. The number of rotatable bonds is 7. The van der Waals surface area contributed by atoms with Crippen LogP contribution < -0.4 is 10.1 Å². The fourth-order valence-corrected chi connectivity index (χ4v) is 1.38. The molecule has 0 unspecified atom stereocenters. The smallest absolute Gasteiger partial charge is 0.332 e. The number of ether oxygens (including phenoxy) is 2. The summed E-state index contributed by atoms with van der Waals surface area (Å²) >= 11 is 0. The van der Waals surface area contributed by atoms with Crippen LogP contribution in [0.5, 0.6) is 5.75 Å². The molecule has 0 aromatic heterocycles. The van der Waals surface area contributed by atoms with E-state index >= 15 is 0 Å². The maximum atomic E-state index is 11.7. The van der Waals surface area contributed by atoms with Crippen molar-refractivity contribution >= 4 is 11.9 Å². The van der Waals surface area contributed by atoms with Crippen LogP contribution in [0.2, 0.25) is 0 Å². The van der Waals surface area contributed by atoms with E-state index in [1.54, 1.807) is 31.4 Å². The van der Waals surface area contributed by atoms with Gasteiger partial charge in [-0.15, -0.1) is 0 Å². The molecule has 108 valence electrons. The van der Waals surface area contributed by atoms with Crippen molar-refractivity contribution in [2.24, 2.45) is 0 Å². The average Bonchev–Trinajstić information content (AvgIpc) is 2.47. The summed E-state index contributed by atoms with van der Waals surface area (Å²) in [6.07, 6.45) is 4.26. The lowest BCUT2D eigenvalue weighted by Gasteiger charge is -2.02. The number of methoxy groups -OCH3 is 1. The van der Waals surface area contributed by atoms with Crippen LogP contribution in [0.1, 0.15) is 30.1 Å². The maximum Gasteiger partial charge on any atom is 0.332 e. The standard InChI is InChI=1S/C15H19NO4/c1-3-4-11-20-14(17)9-10-16-15(18)12-5-7-13(19-2)8-6-12/h5-10H,3-4,11H2,1-2H3,(H,16,18)/b10-9-. The van der Waals surface area contributed by atoms with Crippen molar-refractivity contribution in [1.82, 2.24) is 5.32 Å². The molecule has 0 aliphatic rings. The first-order valence-electron chi connectivity index (χ1n) is 6.45. The summed E-state index contributed by atoms with van der Waals surface area (Å²) in [7, 11) is 1.56. The molecule has 0 saturated carbocycles. The van der Waals surface area contributed by atoms with Gasteiger partial charge < -0.3 is 14.8 Å². The van der Waals surface area contributed by atoms with Crippen molar-refractivity contribution in [2.75, 3.05) is 13.7 Å². The van der Waals surface area contributed by atoms with Crippen LogP contribution in [0, 0.1) is 0 Å². The second-order valence-electron chi connectivity index (χ2n) is 4.06. The quantitative estimate of drug-likeness (QED) is 0.472. The lowest BCUT2D eigenvalue weighted by molar-refractivity contribution is -0.137. The lowest BCUT2D eigenvalue weighted by Crippen LogP contribution is -2.17. The Morgan fingerprint density at radius 1 is 1.25 bits per heavy atom. The summed E-state index contributed by atoms with van der Waals surface area (Å²) in [6, 6.07) is 6.67. The molecule has 5 nitrogen and oxygen atoms in total. The summed E-state index contributed by atoms with van der Waals surface area (Å²) in [5.74, 6) is -0.0877. The Morgan fingerprint density at radius 2 is 1.95 bits per heavy atom. The first kappa shape index (κ1) is 15.8. The Hall–Kier alpha value is -2.30. The van der Waals surface area contributed by atoms with E-state index in [4.69, 9.17) is 9.47 Å². The number of hydrogen-bond donors (Lipinski definition) is 1. The van der Waals surface area contributed by atoms with Crippen LogP contribution in [-0.4, -0.2) is 25.6 Å². The van der Waals surface area contributed by atoms with Crippen LogP contribution >= 0.6 is 0 Å². The third kappa shape index (κ3) is 5.56. The minimum Gasteiger partial charge on any atom is -0.497 e. The van der Waals surface area contributed by atoms with E-state index in [2.05, 4.69) is 5.32 Å². The van der Waals surface area contributed by atoms with Crippen molar-refractivity contribution in [3.05, 3.63) is 42.1 Å². The molecule has 1 aromatic carbocycles. The first-order valence-corrected chi connectivity index (χ1v) is 6.45. The van der Waals surface area contributed by atoms with Crippen LogP contribution in [0.25, 0.3) is 0 Å². The number of nitrogens with one attached hydrogen (secondary N) is 1. The second-order valence-corrected chi connectivity index (χ2v) is 4.06. The topological polar surface area (TPSA) is 64.6 Å². The van der Waals surface area contributed by atoms with Gasteiger partial charge in [0.25, 0.3) is 5.91 Å². The molecule has 0 fully saturated rings. The van der Waals surface area contributed by atoms with Gasteiger partial charge in [-0.2, -0.15) is 0 Å². The van der Waals surface area contributed by atoms with Crippen molar-refractivity contribution in [1.29, 1.82) is 0 Å². The number of carbonyl (C=O) groups is 2. The molecule has 0 heterocycles. The Kier molecular flexibility index (Phi) is 6.89. The molecular formula is C15H19NO4. The molecule has 0 spiro atoms. The zero-order valence-corrected chi connectivity index (χ0v) is 11.7. The highest BCUT2D eigenvalue weighted by molar-refractivity contribution is 5.95. The zero-order chi connectivity index (χ0) is 14.8. The molecule has 0 saturated heterocycles. The molecule has 1 amide bonds. The predicted molar refractivity (Wildman–Crippen MR) is 75.5 cm³/mol. The molecule has 0 aliphatic heterocycles. The van der Waals surface area contributed by atoms with Gasteiger partial charge in [0, 0.05) is 17.8 Å². The Labute approximate surface area is 118 Å². The van der Waals surface area contributed by atoms with Gasteiger partial charge in [0.2, 0.25) is 0 Å². The number of carbonyl (C=O) groups excluding carboxylic acids is 2. The molecular weight excluding hydrogens is 258 g/mol. The van der Waals surface area contributed by atoms with Crippen LogP contribution in [0.4, 0.5) is 0 Å². The molecule has 1 aromatic rings. The van der Waals surface area contributed by atoms with E-state index in [0.717, 1.165) is 12.8 Å². The molecule has 0 atom stereocenters. The molecule has 0 radical (unpaired) electrons. The summed E-state index contributed by atoms with van der Waals surface area (Å²) in [6.45, 7) is 2.41. The van der Waals surface area contributed by atoms with Crippen molar-refractivity contribution in [3.8, 4) is 5.75 Å². The highest BCUT2D eigenvalue weighted by Crippen LogP contribution is 2.10. The van der Waals surface area contributed by atoms with Gasteiger partial charge in [-0.05, 0) is 30.7 Å². The zero-order valence-electron chi connectivity index (χ0n) is 11.7. The first-order chi connectivity index (χ1) is 9.67. The number of amides is 1. The molecule has 5 heteroatoms. The number of unbranched alkanes of at least 4 members (excludes halogenated alkanes) is 1. The number of esters is 1. The van der Waals surface area contributed by atoms with Gasteiger partial charge in [0.1, 0.15) is 5.75 Å². The Morgan fingerprint density at radius 3 is 2.55 bits per heavy atom. The van der Waals surface area contributed by atoms with Crippen molar-refractivity contribution in [2.45, 2.75) is 19.8 Å². The SMILES string of the molecule is CCCCOC(=O)/C=C\NC(=O)c1ccc(OC)cc1. The average molecular weight is 277 g/mol. The minimum atomic E-state index is -0.464. The van der Waals surface area contributed by atoms with E-state index in [9.17, 15) is 9.59 Å². The second kappa shape index (κ2) is 8.74. The maximum absolute atomic E-state index is 11.7. The molecule has 20 heavy (non-hydrogen) atoms. The predicted octanol–water partition coefficient (Wildman–Crippen LogP) is 2.28. The normalized spacial score (nSPS) is 10.3. The molecule has 1 N–H and O–H groups in total. The summed E-state index contributed by atoms with van der Waals surface area (Å²) < 4.78 is 9.91. The van der Waals surface area contributed by atoms with E-state index < -0.39 is 5.97 Å². The van der Waals surface area contributed by atoms with Crippen molar-refractivity contribution < 1.29 is 19.1 Å². The Balaban J connectivity index is 2.39. The van der Waals surface area contributed by atoms with Crippen LogP contribution in [-0.2, 0) is 9.53 Å². The van der Waals surface area contributed by atoms with Gasteiger partial charge in [-0.25, -0.2) is 4.79 Å². The number of benzene rings is 1. The van der Waals surface area contributed by atoms with Gasteiger partial charge in [0.15, 0.2) is 0 Å². The third-order valence-corrected chi connectivity index (χ3v) is 2.53. The lowest BCUT2D eigenvalue weighted by atomic mass is 10.2. The van der Waals surface area contributed by atoms with Gasteiger partial charge >= 0.3 is 5.97 Å². The highest BCUT2D eigenvalue weighted by atomic mass is 16.5. The van der Waals surface area contributed by atoms with Crippen molar-refractivity contribution in [3.63, 3.8) is 0 Å². The Bertz CT molecular complexity index is 465. The van der Waals surface area contributed by atoms with Crippen LogP contribution in [0.15, 0.2) is 36.5 Å². The van der Waals surface area contributed by atoms with Gasteiger partial charge in [-0.1, -0.05) is 13.3 Å². The molecule has 1 rings (SSSR count). The van der Waals surface area contributed by atoms with Gasteiger partial charge in [0.05, 0.1) is 13.7 Å². The van der Waals surface area contributed by atoms with E-state index in [-0.39, 0.29) is 5.91 Å². The monoisotopic (exact) mass is 277 g/mol. The summed E-state index contributed by atoms with van der Waals surface area (Å²) in [5, 5.41) is 2.50. The largest absolute Gasteiger partial charge is 0.497 e. The van der Waals surface area contributed by atoms with E-state index in [1.165, 1.54) is 12.3 Å². The fourth-order valence-electron chi connectivity index (χ4n) is 1.38. The number of hydrogen-bond acceptors (Lipinski definition) is 4. The summed E-state index contributed by atoms with van der Waals surface area (Å²) in [5.41, 5.74) is 0.481.